The van der Waals surface area contributed by atoms with Crippen molar-refractivity contribution in [1.82, 2.24) is 20.0 Å². The van der Waals surface area contributed by atoms with Gasteiger partial charge in [0.1, 0.15) is 0 Å². The van der Waals surface area contributed by atoms with Gasteiger partial charge in [0.25, 0.3) is 0 Å². The summed E-state index contributed by atoms with van der Waals surface area (Å²) in [7, 11) is 0. The quantitative estimate of drug-likeness (QED) is 0.816. The normalized spacial score (nSPS) is 12.9. The van der Waals surface area contributed by atoms with E-state index in [1.807, 2.05) is 17.8 Å². The summed E-state index contributed by atoms with van der Waals surface area (Å²) in [6, 6.07) is 0. The number of alkyl halides is 1. The number of aryl methyl sites for hydroxylation is 1. The highest BCUT2D eigenvalue weighted by Crippen LogP contribution is 2.18. The third-order valence-corrected chi connectivity index (χ3v) is 3.70. The Morgan fingerprint density at radius 1 is 1.56 bits per heavy atom. The molecule has 6 heteroatoms. The fraction of sp³-hybridized carbons (Fsp3) is 0.500. The zero-order valence-corrected chi connectivity index (χ0v) is 11.6. The van der Waals surface area contributed by atoms with Gasteiger partial charge < -0.3 is 0 Å². The van der Waals surface area contributed by atoms with E-state index >= 15 is 0 Å². The molecule has 4 nitrogen and oxygen atoms in total. The van der Waals surface area contributed by atoms with Crippen LogP contribution in [0.15, 0.2) is 11.6 Å². The first-order valence-electron chi connectivity index (χ1n) is 5.16. The lowest BCUT2D eigenvalue weighted by molar-refractivity contribution is 0.639. The largest absolute Gasteiger partial charge is 0.246 e. The van der Waals surface area contributed by atoms with E-state index in [1.54, 1.807) is 11.3 Å². The van der Waals surface area contributed by atoms with Crippen LogP contribution in [0.2, 0.25) is 0 Å². The molecule has 2 aromatic rings. The van der Waals surface area contributed by atoms with E-state index in [4.69, 9.17) is 0 Å². The van der Waals surface area contributed by atoms with Crippen molar-refractivity contribution in [3.8, 4) is 0 Å². The van der Waals surface area contributed by atoms with Crippen LogP contribution in [0.1, 0.15) is 35.1 Å². The van der Waals surface area contributed by atoms with Crippen molar-refractivity contribution >= 4 is 27.3 Å². The summed E-state index contributed by atoms with van der Waals surface area (Å²) in [6.45, 7) is 4.85. The summed E-state index contributed by atoms with van der Waals surface area (Å²) in [5.74, 6) is 0. The van der Waals surface area contributed by atoms with Gasteiger partial charge in [-0.2, -0.15) is 0 Å². The predicted molar refractivity (Wildman–Crippen MR) is 68.0 cm³/mol. The summed E-state index contributed by atoms with van der Waals surface area (Å²) in [5, 5.41) is 11.4. The van der Waals surface area contributed by atoms with E-state index in [2.05, 4.69) is 43.5 Å². The molecule has 0 amide bonds. The van der Waals surface area contributed by atoms with Crippen molar-refractivity contribution < 1.29 is 0 Å². The topological polar surface area (TPSA) is 43.6 Å². The Morgan fingerprint density at radius 2 is 2.38 bits per heavy atom. The number of hydrogen-bond acceptors (Lipinski definition) is 4. The van der Waals surface area contributed by atoms with Crippen LogP contribution in [-0.4, -0.2) is 20.0 Å². The number of halogens is 1. The summed E-state index contributed by atoms with van der Waals surface area (Å²) >= 11 is 5.17. The Labute approximate surface area is 107 Å². The van der Waals surface area contributed by atoms with Crippen molar-refractivity contribution in [3.05, 3.63) is 28.0 Å². The highest BCUT2D eigenvalue weighted by molar-refractivity contribution is 9.09. The third kappa shape index (κ3) is 2.68. The van der Waals surface area contributed by atoms with Gasteiger partial charge in [-0.25, -0.2) is 9.67 Å². The molecule has 1 unspecified atom stereocenters. The smallest absolute Gasteiger partial charge is 0.0960 e. The molecule has 0 saturated heterocycles. The maximum atomic E-state index is 4.50. The minimum absolute atomic E-state index is 0.239. The molecule has 0 aromatic carbocycles. The molecule has 0 aliphatic carbocycles. The number of aromatic nitrogens is 4. The number of rotatable bonds is 4. The van der Waals surface area contributed by atoms with Gasteiger partial charge in [-0.15, -0.1) is 16.4 Å². The van der Waals surface area contributed by atoms with Crippen molar-refractivity contribution in [1.29, 1.82) is 0 Å². The second kappa shape index (κ2) is 5.05. The first-order valence-corrected chi connectivity index (χ1v) is 6.96. The molecular weight excluding hydrogens is 288 g/mol. The molecule has 16 heavy (non-hydrogen) atoms. The molecule has 0 radical (unpaired) electrons. The molecule has 0 aliphatic heterocycles. The number of thiazole rings is 1. The minimum atomic E-state index is 0.239. The maximum absolute atomic E-state index is 4.50. The molecule has 2 rings (SSSR count). The summed E-state index contributed by atoms with van der Waals surface area (Å²) in [5.41, 5.74) is 2.01. The van der Waals surface area contributed by atoms with Gasteiger partial charge in [0.15, 0.2) is 0 Å². The molecule has 0 saturated carbocycles. The van der Waals surface area contributed by atoms with Crippen LogP contribution in [0.5, 0.6) is 0 Å². The molecular formula is C10H13BrN4S. The Kier molecular flexibility index (Phi) is 3.70. The fourth-order valence-corrected chi connectivity index (χ4v) is 2.27. The number of nitrogens with zero attached hydrogens (tertiary/aromatic N) is 4. The van der Waals surface area contributed by atoms with Gasteiger partial charge in [-0.3, -0.25) is 0 Å². The van der Waals surface area contributed by atoms with E-state index < -0.39 is 0 Å². The van der Waals surface area contributed by atoms with Crippen LogP contribution in [-0.2, 0) is 13.0 Å². The fourth-order valence-electron chi connectivity index (χ4n) is 1.32. The first kappa shape index (κ1) is 11.7. The van der Waals surface area contributed by atoms with Crippen LogP contribution in [0.3, 0.4) is 0 Å². The Balaban J connectivity index is 2.08. The van der Waals surface area contributed by atoms with E-state index in [9.17, 15) is 0 Å². The van der Waals surface area contributed by atoms with Gasteiger partial charge >= 0.3 is 0 Å². The van der Waals surface area contributed by atoms with Gasteiger partial charge in [-0.05, 0) is 13.3 Å². The van der Waals surface area contributed by atoms with Gasteiger partial charge in [0, 0.05) is 5.38 Å². The van der Waals surface area contributed by atoms with Crippen molar-refractivity contribution in [3.63, 3.8) is 0 Å². The van der Waals surface area contributed by atoms with Crippen LogP contribution < -0.4 is 0 Å². The Morgan fingerprint density at radius 3 is 2.94 bits per heavy atom. The average Bonchev–Trinajstić information content (AvgIpc) is 2.87. The Hall–Kier alpha value is -0.750. The average molecular weight is 301 g/mol. The molecule has 1 atom stereocenters. The molecule has 2 heterocycles. The molecule has 0 fully saturated rings. The lowest BCUT2D eigenvalue weighted by Gasteiger charge is -1.96. The first-order chi connectivity index (χ1) is 7.69. The molecule has 0 N–H and O–H groups in total. The van der Waals surface area contributed by atoms with E-state index in [-0.39, 0.29) is 4.83 Å². The zero-order valence-electron chi connectivity index (χ0n) is 9.22. The van der Waals surface area contributed by atoms with E-state index in [1.165, 1.54) is 5.01 Å². The van der Waals surface area contributed by atoms with Crippen molar-refractivity contribution in [2.45, 2.75) is 31.6 Å². The third-order valence-electron chi connectivity index (χ3n) is 2.19. The van der Waals surface area contributed by atoms with Gasteiger partial charge in [0.05, 0.1) is 34.0 Å². The zero-order chi connectivity index (χ0) is 11.5. The van der Waals surface area contributed by atoms with Crippen LogP contribution >= 0.6 is 27.3 Å². The van der Waals surface area contributed by atoms with Crippen molar-refractivity contribution in [2.75, 3.05) is 0 Å². The molecule has 0 spiro atoms. The van der Waals surface area contributed by atoms with E-state index in [0.717, 1.165) is 17.8 Å². The summed E-state index contributed by atoms with van der Waals surface area (Å²) in [4.78, 5) is 4.74. The standard InChI is InChI=1S/C10H13BrN4S/c1-3-10-12-8(6-16-10)4-15-5-9(7(2)11)13-14-15/h5-7H,3-4H2,1-2H3. The van der Waals surface area contributed by atoms with Crippen molar-refractivity contribution in [2.24, 2.45) is 0 Å². The second-order valence-electron chi connectivity index (χ2n) is 3.54. The minimum Gasteiger partial charge on any atom is -0.246 e. The van der Waals surface area contributed by atoms with Crippen LogP contribution in [0.4, 0.5) is 0 Å². The SMILES string of the molecule is CCc1nc(Cn2cc(C(C)Br)nn2)cs1. The second-order valence-corrected chi connectivity index (χ2v) is 5.86. The molecule has 86 valence electrons. The summed E-state index contributed by atoms with van der Waals surface area (Å²) < 4.78 is 1.82. The highest BCUT2D eigenvalue weighted by Gasteiger charge is 2.07. The maximum Gasteiger partial charge on any atom is 0.0960 e. The monoisotopic (exact) mass is 300 g/mol. The van der Waals surface area contributed by atoms with Gasteiger partial charge in [-0.1, -0.05) is 28.1 Å². The van der Waals surface area contributed by atoms with Crippen LogP contribution in [0, 0.1) is 0 Å². The lowest BCUT2D eigenvalue weighted by Crippen LogP contribution is -2.00. The molecule has 0 bridgehead atoms. The predicted octanol–water partition coefficient (Wildman–Crippen LogP) is 2.80. The lowest BCUT2D eigenvalue weighted by atomic mass is 10.4. The number of hydrogen-bond donors (Lipinski definition) is 0. The molecule has 0 aliphatic rings. The highest BCUT2D eigenvalue weighted by atomic mass is 79.9. The Bertz CT molecular complexity index is 463. The summed E-state index contributed by atoms with van der Waals surface area (Å²) in [6.07, 6.45) is 2.94. The molecule has 2 aromatic heterocycles. The van der Waals surface area contributed by atoms with Crippen LogP contribution in [0.25, 0.3) is 0 Å². The van der Waals surface area contributed by atoms with Gasteiger partial charge in [0.2, 0.25) is 0 Å². The van der Waals surface area contributed by atoms with E-state index in [0.29, 0.717) is 6.54 Å².